The molecule has 0 amide bonds. The molecule has 0 spiro atoms. The first-order valence-electron chi connectivity index (χ1n) is 16.2. The summed E-state index contributed by atoms with van der Waals surface area (Å²) in [5, 5.41) is 21.0. The minimum Gasteiger partial charge on any atom is -0.458 e. The third-order valence-corrected chi connectivity index (χ3v) is 9.16. The molecule has 3 heterocycles. The van der Waals surface area contributed by atoms with Crippen molar-refractivity contribution in [2.75, 3.05) is 37.0 Å². The van der Waals surface area contributed by atoms with Crippen LogP contribution in [-0.2, 0) is 19.0 Å². The Kier molecular flexibility index (Phi) is 10.5. The number of nitrogens with one attached hydrogen (secondary N) is 3. The molecule has 1 aliphatic heterocycles. The number of ether oxygens (including phenoxy) is 3. The van der Waals surface area contributed by atoms with Gasteiger partial charge in [-0.25, -0.2) is 14.8 Å². The number of hydrogen-bond acceptors (Lipinski definition) is 10. The van der Waals surface area contributed by atoms with E-state index in [0.29, 0.717) is 62.1 Å². The summed E-state index contributed by atoms with van der Waals surface area (Å²) in [4.78, 5) is 21.9. The average Bonchev–Trinajstić information content (AvgIpc) is 3.82. The van der Waals surface area contributed by atoms with Crippen LogP contribution in [0.2, 0.25) is 5.02 Å². The van der Waals surface area contributed by atoms with E-state index in [1.54, 1.807) is 6.20 Å². The van der Waals surface area contributed by atoms with Crippen molar-refractivity contribution in [3.63, 3.8) is 0 Å². The maximum Gasteiger partial charge on any atom is 0.338 e. The second-order valence-corrected chi connectivity index (χ2v) is 14.3. The van der Waals surface area contributed by atoms with Gasteiger partial charge in [-0.3, -0.25) is 0 Å². The number of esters is 1. The van der Waals surface area contributed by atoms with E-state index in [0.717, 1.165) is 55.6 Å². The molecule has 0 aromatic carbocycles. The molecule has 10 nitrogen and oxygen atoms in total. The number of anilines is 2. The first kappa shape index (κ1) is 33.4. The summed E-state index contributed by atoms with van der Waals surface area (Å²) in [6.45, 7) is 9.98. The lowest BCUT2D eigenvalue weighted by molar-refractivity contribution is -0.172. The molecular formula is C34H47ClN6O4. The van der Waals surface area contributed by atoms with E-state index >= 15 is 0 Å². The molecule has 1 atom stereocenters. The Morgan fingerprint density at radius 2 is 1.84 bits per heavy atom. The summed E-state index contributed by atoms with van der Waals surface area (Å²) < 4.78 is 17.1. The molecule has 2 aliphatic carbocycles. The van der Waals surface area contributed by atoms with Crippen LogP contribution >= 0.6 is 11.6 Å². The van der Waals surface area contributed by atoms with Gasteiger partial charge in [0.25, 0.3) is 0 Å². The van der Waals surface area contributed by atoms with E-state index in [-0.39, 0.29) is 12.0 Å². The van der Waals surface area contributed by atoms with E-state index in [9.17, 15) is 10.1 Å². The van der Waals surface area contributed by atoms with Gasteiger partial charge in [-0.05, 0) is 97.3 Å². The fourth-order valence-corrected chi connectivity index (χ4v) is 6.19. The van der Waals surface area contributed by atoms with Gasteiger partial charge in [0.05, 0.1) is 28.8 Å². The second kappa shape index (κ2) is 14.2. The number of carbonyl (C=O) groups is 1. The molecule has 3 aliphatic rings. The maximum absolute atomic E-state index is 12.6. The van der Waals surface area contributed by atoms with Gasteiger partial charge in [-0.15, -0.1) is 0 Å². The Hall–Kier alpha value is -2.97. The molecule has 2 saturated carbocycles. The minimum absolute atomic E-state index is 0.139. The Balaban J connectivity index is 1.10. The number of pyridine rings is 2. The summed E-state index contributed by atoms with van der Waals surface area (Å²) in [6.07, 6.45) is 8.63. The molecule has 244 valence electrons. The quantitative estimate of drug-likeness (QED) is 0.234. The Morgan fingerprint density at radius 3 is 2.51 bits per heavy atom. The molecule has 11 heteroatoms. The smallest absolute Gasteiger partial charge is 0.338 e. The third-order valence-electron chi connectivity index (χ3n) is 8.86. The molecule has 1 saturated heterocycles. The van der Waals surface area contributed by atoms with Crippen LogP contribution in [0.5, 0.6) is 0 Å². The van der Waals surface area contributed by atoms with Crippen LogP contribution in [0.4, 0.5) is 11.6 Å². The molecule has 5 rings (SSSR count). The number of carbonyl (C=O) groups excluding carboxylic acids is 1. The average molecular weight is 639 g/mol. The van der Waals surface area contributed by atoms with Crippen LogP contribution in [0, 0.1) is 16.7 Å². The molecule has 0 unspecified atom stereocenters. The zero-order valence-electron chi connectivity index (χ0n) is 27.0. The molecular weight excluding hydrogens is 592 g/mol. The van der Waals surface area contributed by atoms with Gasteiger partial charge in [-0.1, -0.05) is 17.7 Å². The van der Waals surface area contributed by atoms with E-state index in [1.165, 1.54) is 0 Å². The fourth-order valence-electron chi connectivity index (χ4n) is 5.99. The van der Waals surface area contributed by atoms with Crippen LogP contribution in [0.15, 0.2) is 30.5 Å². The number of rotatable bonds is 12. The van der Waals surface area contributed by atoms with Crippen LogP contribution in [0.25, 0.3) is 11.3 Å². The highest BCUT2D eigenvalue weighted by atomic mass is 35.5. The zero-order valence-corrected chi connectivity index (χ0v) is 27.7. The van der Waals surface area contributed by atoms with E-state index in [1.807, 2.05) is 45.0 Å². The van der Waals surface area contributed by atoms with Crippen molar-refractivity contribution in [1.29, 1.82) is 5.26 Å². The topological polar surface area (TPSA) is 130 Å². The largest absolute Gasteiger partial charge is 0.458 e. The monoisotopic (exact) mass is 638 g/mol. The van der Waals surface area contributed by atoms with Crippen molar-refractivity contribution in [2.45, 2.75) is 108 Å². The van der Waals surface area contributed by atoms with Crippen molar-refractivity contribution in [1.82, 2.24) is 15.3 Å². The van der Waals surface area contributed by atoms with Gasteiger partial charge >= 0.3 is 5.97 Å². The van der Waals surface area contributed by atoms with Crippen LogP contribution in [0.1, 0.15) is 79.1 Å². The minimum atomic E-state index is -0.756. The van der Waals surface area contributed by atoms with Crippen LogP contribution in [0.3, 0.4) is 0 Å². The zero-order chi connectivity index (χ0) is 32.1. The van der Waals surface area contributed by atoms with Gasteiger partial charge in [0.15, 0.2) is 5.60 Å². The fraction of sp³-hybridized carbons (Fsp3) is 0.647. The highest BCUT2D eigenvalue weighted by molar-refractivity contribution is 6.33. The molecule has 0 radical (unpaired) electrons. The summed E-state index contributed by atoms with van der Waals surface area (Å²) in [6, 6.07) is 11.1. The van der Waals surface area contributed by atoms with Crippen LogP contribution in [-0.4, -0.2) is 71.6 Å². The lowest BCUT2D eigenvalue weighted by Gasteiger charge is -2.32. The number of nitrogens with zero attached hydrogens (tertiary/aromatic N) is 3. The third kappa shape index (κ3) is 9.07. The maximum atomic E-state index is 12.6. The van der Waals surface area contributed by atoms with Crippen LogP contribution < -0.4 is 16.0 Å². The Morgan fingerprint density at radius 1 is 1.13 bits per heavy atom. The molecule has 2 aromatic heterocycles. The standard InChI is InChI=1S/C34H47ClN6O4/c1-23(20-44-34(12-13-34)31(42)45-32(2,3)4)39-24-8-10-25(11-9-24)40-30-18-26(27(35)19-37-30)28-6-5-7-29(41-28)38-22-33(21-36)14-16-43-17-15-33/h5-7,18-19,23-25,39H,8-17,20,22H2,1-4H3,(H,37,40)(H,38,41)/t23-,24-,25-/m0/s1. The summed E-state index contributed by atoms with van der Waals surface area (Å²) in [7, 11) is 0. The first-order chi connectivity index (χ1) is 21.5. The van der Waals surface area contributed by atoms with Gasteiger partial charge in [0.2, 0.25) is 0 Å². The summed E-state index contributed by atoms with van der Waals surface area (Å²) in [5.74, 6) is 1.24. The Bertz CT molecular complexity index is 1360. The number of hydrogen-bond donors (Lipinski definition) is 3. The molecule has 2 aromatic rings. The highest BCUT2D eigenvalue weighted by Gasteiger charge is 2.54. The van der Waals surface area contributed by atoms with Gasteiger partial charge in [0, 0.05) is 49.6 Å². The van der Waals surface area contributed by atoms with Gasteiger partial charge < -0.3 is 30.2 Å². The number of aromatic nitrogens is 2. The van der Waals surface area contributed by atoms with Crippen molar-refractivity contribution >= 4 is 29.2 Å². The van der Waals surface area contributed by atoms with Gasteiger partial charge in [-0.2, -0.15) is 5.26 Å². The van der Waals surface area contributed by atoms with Crippen molar-refractivity contribution in [3.05, 3.63) is 35.5 Å². The predicted octanol–water partition coefficient (Wildman–Crippen LogP) is 6.12. The van der Waals surface area contributed by atoms with Crippen molar-refractivity contribution in [2.24, 2.45) is 5.41 Å². The Labute approximate surface area is 272 Å². The van der Waals surface area contributed by atoms with Gasteiger partial charge in [0.1, 0.15) is 17.2 Å². The highest BCUT2D eigenvalue weighted by Crippen LogP contribution is 2.42. The number of halogens is 1. The predicted molar refractivity (Wildman–Crippen MR) is 175 cm³/mol. The number of nitriles is 1. The molecule has 3 N–H and O–H groups in total. The normalized spacial score (nSPS) is 22.9. The lowest BCUT2D eigenvalue weighted by atomic mass is 9.82. The molecule has 3 fully saturated rings. The van der Waals surface area contributed by atoms with E-state index in [2.05, 4.69) is 33.9 Å². The SMILES string of the molecule is C[C@@H](COC1(C(=O)OC(C)(C)C)CC1)N[C@H]1CC[C@H](Nc2cc(-c3cccc(NCC4(C#N)CCOCC4)n3)c(Cl)cn2)CC1. The summed E-state index contributed by atoms with van der Waals surface area (Å²) in [5.41, 5.74) is -0.153. The first-order valence-corrected chi connectivity index (χ1v) is 16.6. The van der Waals surface area contributed by atoms with E-state index < -0.39 is 16.6 Å². The lowest BCUT2D eigenvalue weighted by Crippen LogP contribution is -2.44. The van der Waals surface area contributed by atoms with Crippen molar-refractivity contribution in [3.8, 4) is 17.3 Å². The summed E-state index contributed by atoms with van der Waals surface area (Å²) >= 11 is 6.59. The van der Waals surface area contributed by atoms with Crippen molar-refractivity contribution < 1.29 is 19.0 Å². The molecule has 0 bridgehead atoms. The van der Waals surface area contributed by atoms with E-state index in [4.69, 9.17) is 30.8 Å². The second-order valence-electron chi connectivity index (χ2n) is 13.9. The molecule has 45 heavy (non-hydrogen) atoms.